The van der Waals surface area contributed by atoms with Crippen molar-refractivity contribution in [3.05, 3.63) is 65.2 Å². The van der Waals surface area contributed by atoms with Gasteiger partial charge in [-0.05, 0) is 87.3 Å². The molecule has 2 fully saturated rings. The number of carbonyl (C=O) groups excluding carboxylic acids is 1. The summed E-state index contributed by atoms with van der Waals surface area (Å²) >= 11 is 0. The predicted octanol–water partition coefficient (Wildman–Crippen LogP) is 4.25. The van der Waals surface area contributed by atoms with Crippen molar-refractivity contribution in [2.75, 3.05) is 39.8 Å². The number of ether oxygens (including phenoxy) is 1. The number of hydrogen-bond donors (Lipinski definition) is 1. The van der Waals surface area contributed by atoms with E-state index in [2.05, 4.69) is 39.4 Å². The van der Waals surface area contributed by atoms with Crippen molar-refractivity contribution >= 4 is 5.91 Å². The van der Waals surface area contributed by atoms with Crippen molar-refractivity contribution < 1.29 is 9.53 Å². The number of hydrogen-bond acceptors (Lipinski definition) is 4. The van der Waals surface area contributed by atoms with E-state index in [0.29, 0.717) is 6.54 Å². The number of amides is 1. The maximum absolute atomic E-state index is 12.8. The minimum Gasteiger partial charge on any atom is -0.497 e. The largest absolute Gasteiger partial charge is 0.497 e. The van der Waals surface area contributed by atoms with Crippen molar-refractivity contribution in [1.82, 2.24) is 15.1 Å². The Hall–Kier alpha value is -2.37. The first-order valence-electron chi connectivity index (χ1n) is 11.7. The van der Waals surface area contributed by atoms with Gasteiger partial charge in [0.05, 0.1) is 13.2 Å². The van der Waals surface area contributed by atoms with E-state index in [9.17, 15) is 4.79 Å². The fourth-order valence-electron chi connectivity index (χ4n) is 4.77. The molecule has 2 aromatic carbocycles. The fourth-order valence-corrected chi connectivity index (χ4v) is 4.77. The lowest BCUT2D eigenvalue weighted by Crippen LogP contribution is -2.36. The molecule has 1 unspecified atom stereocenters. The van der Waals surface area contributed by atoms with Gasteiger partial charge in [-0.25, -0.2) is 0 Å². The van der Waals surface area contributed by atoms with Crippen LogP contribution in [0.25, 0.3) is 0 Å². The smallest absolute Gasteiger partial charge is 0.251 e. The Morgan fingerprint density at radius 1 is 0.903 bits per heavy atom. The lowest BCUT2D eigenvalue weighted by atomic mass is 10.0. The van der Waals surface area contributed by atoms with Crippen molar-refractivity contribution in [3.63, 3.8) is 0 Å². The van der Waals surface area contributed by atoms with Crippen molar-refractivity contribution in [2.45, 2.75) is 44.7 Å². The van der Waals surface area contributed by atoms with Gasteiger partial charge in [-0.15, -0.1) is 0 Å². The van der Waals surface area contributed by atoms with E-state index in [0.717, 1.165) is 30.9 Å². The summed E-state index contributed by atoms with van der Waals surface area (Å²) in [6.45, 7) is 6.13. The van der Waals surface area contributed by atoms with Gasteiger partial charge >= 0.3 is 0 Å². The lowest BCUT2D eigenvalue weighted by Gasteiger charge is -2.28. The Morgan fingerprint density at radius 3 is 2.19 bits per heavy atom. The van der Waals surface area contributed by atoms with Crippen LogP contribution in [0.15, 0.2) is 48.5 Å². The number of benzene rings is 2. The zero-order valence-electron chi connectivity index (χ0n) is 18.7. The minimum absolute atomic E-state index is 0.00207. The molecule has 1 atom stereocenters. The standard InChI is InChI=1S/C26H35N3O2/c1-31-24-13-11-22(12-14-24)25(29-17-5-6-18-29)19-27-26(30)23-9-7-21(8-10-23)20-28-15-3-2-4-16-28/h7-14,25H,2-6,15-20H2,1H3,(H,27,30). The molecule has 2 aromatic rings. The van der Waals surface area contributed by atoms with Crippen molar-refractivity contribution in [3.8, 4) is 5.75 Å². The number of methoxy groups -OCH3 is 1. The van der Waals surface area contributed by atoms with Crippen LogP contribution in [0.2, 0.25) is 0 Å². The molecule has 2 aliphatic rings. The summed E-state index contributed by atoms with van der Waals surface area (Å²) in [7, 11) is 1.69. The van der Waals surface area contributed by atoms with Crippen LogP contribution in [0, 0.1) is 0 Å². The van der Waals surface area contributed by atoms with Crippen LogP contribution < -0.4 is 10.1 Å². The topological polar surface area (TPSA) is 44.8 Å². The monoisotopic (exact) mass is 421 g/mol. The predicted molar refractivity (Wildman–Crippen MR) is 124 cm³/mol. The van der Waals surface area contributed by atoms with Gasteiger partial charge in [0.15, 0.2) is 0 Å². The second kappa shape index (κ2) is 10.8. The Bertz CT molecular complexity index is 823. The SMILES string of the molecule is COc1ccc(C(CNC(=O)c2ccc(CN3CCCCC3)cc2)N2CCCC2)cc1. The van der Waals surface area contributed by atoms with E-state index < -0.39 is 0 Å². The lowest BCUT2D eigenvalue weighted by molar-refractivity contribution is 0.0938. The third kappa shape index (κ3) is 5.86. The molecule has 0 radical (unpaired) electrons. The highest BCUT2D eigenvalue weighted by atomic mass is 16.5. The molecule has 1 amide bonds. The minimum atomic E-state index is 0.00207. The molecule has 0 spiro atoms. The first kappa shape index (κ1) is 21.8. The number of piperidine rings is 1. The first-order valence-corrected chi connectivity index (χ1v) is 11.7. The molecule has 31 heavy (non-hydrogen) atoms. The van der Waals surface area contributed by atoms with Gasteiger partial charge in [0.1, 0.15) is 5.75 Å². The maximum atomic E-state index is 12.8. The van der Waals surface area contributed by atoms with Gasteiger partial charge in [0, 0.05) is 18.7 Å². The molecule has 0 aliphatic carbocycles. The zero-order valence-corrected chi connectivity index (χ0v) is 18.7. The maximum Gasteiger partial charge on any atom is 0.251 e. The summed E-state index contributed by atoms with van der Waals surface area (Å²) < 4.78 is 5.30. The highest BCUT2D eigenvalue weighted by molar-refractivity contribution is 5.94. The summed E-state index contributed by atoms with van der Waals surface area (Å²) in [5.41, 5.74) is 3.24. The van der Waals surface area contributed by atoms with Crippen LogP contribution in [0.1, 0.15) is 59.6 Å². The normalized spacial score (nSPS) is 18.6. The summed E-state index contributed by atoms with van der Waals surface area (Å²) in [6.07, 6.45) is 6.39. The molecule has 4 rings (SSSR count). The summed E-state index contributed by atoms with van der Waals surface area (Å²) in [6, 6.07) is 16.6. The van der Waals surface area contributed by atoms with Crippen LogP contribution in [-0.2, 0) is 6.54 Å². The van der Waals surface area contributed by atoms with Crippen LogP contribution in [0.3, 0.4) is 0 Å². The summed E-state index contributed by atoms with van der Waals surface area (Å²) in [5, 5.41) is 3.18. The van der Waals surface area contributed by atoms with Gasteiger partial charge in [0.2, 0.25) is 0 Å². The van der Waals surface area contributed by atoms with Gasteiger partial charge in [-0.3, -0.25) is 14.6 Å². The average Bonchev–Trinajstić information content (AvgIpc) is 3.35. The molecular formula is C26H35N3O2. The number of nitrogens with one attached hydrogen (secondary N) is 1. The molecule has 2 aliphatic heterocycles. The number of likely N-dealkylation sites (tertiary alicyclic amines) is 2. The molecule has 1 N–H and O–H groups in total. The van der Waals surface area contributed by atoms with Crippen molar-refractivity contribution in [1.29, 1.82) is 0 Å². The molecule has 166 valence electrons. The van der Waals surface area contributed by atoms with Crippen LogP contribution in [0.4, 0.5) is 0 Å². The number of nitrogens with zero attached hydrogens (tertiary/aromatic N) is 2. The molecule has 2 saturated heterocycles. The Morgan fingerprint density at radius 2 is 1.55 bits per heavy atom. The Balaban J connectivity index is 1.36. The summed E-state index contributed by atoms with van der Waals surface area (Å²) in [4.78, 5) is 17.8. The summed E-state index contributed by atoms with van der Waals surface area (Å²) in [5.74, 6) is 0.861. The molecular weight excluding hydrogens is 386 g/mol. The van der Waals surface area contributed by atoms with Crippen molar-refractivity contribution in [2.24, 2.45) is 0 Å². The Labute approximate surface area is 186 Å². The highest BCUT2D eigenvalue weighted by Gasteiger charge is 2.24. The average molecular weight is 422 g/mol. The molecule has 2 heterocycles. The number of carbonyl (C=O) groups is 1. The third-order valence-corrected chi connectivity index (χ3v) is 6.61. The number of rotatable bonds is 8. The quantitative estimate of drug-likeness (QED) is 0.692. The van der Waals surface area contributed by atoms with Gasteiger partial charge < -0.3 is 10.1 Å². The van der Waals surface area contributed by atoms with Crippen LogP contribution >= 0.6 is 0 Å². The fraction of sp³-hybridized carbons (Fsp3) is 0.500. The van der Waals surface area contributed by atoms with E-state index in [4.69, 9.17) is 4.74 Å². The van der Waals surface area contributed by atoms with E-state index in [1.54, 1.807) is 7.11 Å². The third-order valence-electron chi connectivity index (χ3n) is 6.61. The zero-order chi connectivity index (χ0) is 21.5. The molecule has 0 saturated carbocycles. The van der Waals surface area contributed by atoms with Gasteiger partial charge in [0.25, 0.3) is 5.91 Å². The molecule has 0 aromatic heterocycles. The van der Waals surface area contributed by atoms with E-state index in [1.165, 1.54) is 56.3 Å². The van der Waals surface area contributed by atoms with E-state index in [-0.39, 0.29) is 11.9 Å². The second-order valence-corrected chi connectivity index (χ2v) is 8.78. The van der Waals surface area contributed by atoms with E-state index >= 15 is 0 Å². The van der Waals surface area contributed by atoms with E-state index in [1.807, 2.05) is 24.3 Å². The van der Waals surface area contributed by atoms with Gasteiger partial charge in [-0.2, -0.15) is 0 Å². The first-order chi connectivity index (χ1) is 15.2. The van der Waals surface area contributed by atoms with Crippen LogP contribution in [-0.4, -0.2) is 55.5 Å². The van der Waals surface area contributed by atoms with Gasteiger partial charge in [-0.1, -0.05) is 30.7 Å². The molecule has 5 nitrogen and oxygen atoms in total. The molecule has 5 heteroatoms. The molecule has 0 bridgehead atoms. The Kier molecular flexibility index (Phi) is 7.60. The second-order valence-electron chi connectivity index (χ2n) is 8.78. The van der Waals surface area contributed by atoms with Crippen LogP contribution in [0.5, 0.6) is 5.75 Å². The highest BCUT2D eigenvalue weighted by Crippen LogP contribution is 2.26.